The van der Waals surface area contributed by atoms with Crippen LogP contribution in [0.5, 0.6) is 0 Å². The van der Waals surface area contributed by atoms with Gasteiger partial charge in [0.05, 0.1) is 30.0 Å². The summed E-state index contributed by atoms with van der Waals surface area (Å²) in [6.45, 7) is 3.34. The molecule has 51 heavy (non-hydrogen) atoms. The second-order valence-corrected chi connectivity index (χ2v) is 14.9. The Kier molecular flexibility index (Phi) is 7.01. The van der Waals surface area contributed by atoms with Crippen molar-refractivity contribution in [3.05, 3.63) is 131 Å². The van der Waals surface area contributed by atoms with Crippen molar-refractivity contribution in [3.8, 4) is 11.3 Å². The smallest absolute Gasteiger partial charge is 0.162 e. The molecule has 2 saturated heterocycles. The van der Waals surface area contributed by atoms with Gasteiger partial charge in [-0.25, -0.2) is 29.9 Å². The van der Waals surface area contributed by atoms with E-state index in [1.807, 2.05) is 36.4 Å². The number of fused-ring (bicyclic) bond motifs is 2. The van der Waals surface area contributed by atoms with Gasteiger partial charge in [-0.05, 0) is 65.2 Å². The van der Waals surface area contributed by atoms with Crippen LogP contribution < -0.4 is 0 Å². The second kappa shape index (κ2) is 11.6. The molecule has 1 N–H and O–H groups in total. The number of rotatable bonds is 4. The van der Waals surface area contributed by atoms with E-state index in [0.29, 0.717) is 5.82 Å². The van der Waals surface area contributed by atoms with E-state index in [9.17, 15) is 5.11 Å². The number of hydrogen-bond acceptors (Lipinski definition) is 9. The van der Waals surface area contributed by atoms with Gasteiger partial charge < -0.3 is 23.7 Å². The number of aliphatic hydroxyl groups is 1. The molecule has 13 rings (SSSR count). The summed E-state index contributed by atoms with van der Waals surface area (Å²) in [7, 11) is 0. The first-order valence-electron chi connectivity index (χ1n) is 17.2. The number of nitrogens with zero attached hydrogens (tertiary/aromatic N) is 8. The van der Waals surface area contributed by atoms with Crippen LogP contribution in [0.3, 0.4) is 0 Å². The van der Waals surface area contributed by atoms with Crippen molar-refractivity contribution in [2.75, 3.05) is 0 Å². The summed E-state index contributed by atoms with van der Waals surface area (Å²) >= 11 is 3.46. The van der Waals surface area contributed by atoms with Crippen LogP contribution >= 0.6 is 15.9 Å². The molecule has 254 valence electrons. The van der Waals surface area contributed by atoms with Gasteiger partial charge in [0, 0.05) is 30.8 Å². The number of benzene rings is 2. The Labute approximate surface area is 301 Å². The van der Waals surface area contributed by atoms with Gasteiger partial charge in [-0.15, -0.1) is 0 Å². The Balaban J connectivity index is 0.000000136. The third-order valence-corrected chi connectivity index (χ3v) is 10.7. The summed E-state index contributed by atoms with van der Waals surface area (Å²) in [5.74, 6) is 2.34. The highest BCUT2D eigenvalue weighted by Crippen LogP contribution is 2.51. The first-order valence-corrected chi connectivity index (χ1v) is 18.0. The maximum absolute atomic E-state index is 10.1. The van der Waals surface area contributed by atoms with Crippen LogP contribution in [0, 0.1) is 0 Å². The summed E-state index contributed by atoms with van der Waals surface area (Å²) < 4.78 is 17.4. The Hall–Kier alpha value is -4.88. The minimum absolute atomic E-state index is 0.0435. The van der Waals surface area contributed by atoms with E-state index >= 15 is 0 Å². The molecular formula is C39H33BrN8O3. The van der Waals surface area contributed by atoms with E-state index in [-0.39, 0.29) is 36.5 Å². The number of halogens is 1. The van der Waals surface area contributed by atoms with Gasteiger partial charge in [-0.1, -0.05) is 60.7 Å². The molecule has 0 amide bonds. The van der Waals surface area contributed by atoms with Gasteiger partial charge >= 0.3 is 0 Å². The van der Waals surface area contributed by atoms with E-state index in [1.54, 1.807) is 26.2 Å². The zero-order valence-corrected chi connectivity index (χ0v) is 29.4. The SMILES string of the molecule is Brc1ccc2nc3n(c2n1)[C@@H](c1ccccc1)[C@@H]1C[C@H]3O1.CC(C)(O)c1ncc(-c2ccc3nc4n(c3n2)[C@@H](c2ccccc2)[C@@H]2C[C@H]4O2)cn1. The average Bonchev–Trinajstić information content (AvgIpc) is 3.70. The summed E-state index contributed by atoms with van der Waals surface area (Å²) in [6, 6.07) is 29.0. The normalized spacial score (nSPS) is 24.2. The molecule has 0 aliphatic carbocycles. The molecule has 2 aromatic carbocycles. The maximum Gasteiger partial charge on any atom is 0.162 e. The highest BCUT2D eigenvalue weighted by atomic mass is 79.9. The van der Waals surface area contributed by atoms with Gasteiger partial charge in [-0.3, -0.25) is 0 Å². The van der Waals surface area contributed by atoms with E-state index in [0.717, 1.165) is 62.7 Å². The lowest BCUT2D eigenvalue weighted by molar-refractivity contribution is -0.168. The number of aromatic nitrogens is 8. The molecule has 0 spiro atoms. The maximum atomic E-state index is 10.1. The lowest BCUT2D eigenvalue weighted by Gasteiger charge is -2.47. The van der Waals surface area contributed by atoms with E-state index in [4.69, 9.17) is 24.4 Å². The minimum atomic E-state index is -1.08. The molecule has 0 saturated carbocycles. The number of hydrogen-bond donors (Lipinski definition) is 1. The Bertz CT molecular complexity index is 2420. The molecular weight excluding hydrogens is 708 g/mol. The fraction of sp³-hybridized carbons (Fsp3) is 0.282. The predicted octanol–water partition coefficient (Wildman–Crippen LogP) is 7.18. The molecule has 4 bridgehead atoms. The molecule has 6 atom stereocenters. The van der Waals surface area contributed by atoms with Crippen LogP contribution in [0.4, 0.5) is 0 Å². The van der Waals surface area contributed by atoms with Crippen molar-refractivity contribution < 1.29 is 14.6 Å². The Morgan fingerprint density at radius 1 is 0.667 bits per heavy atom. The highest BCUT2D eigenvalue weighted by molar-refractivity contribution is 9.10. The first-order chi connectivity index (χ1) is 24.8. The van der Waals surface area contributed by atoms with Crippen LogP contribution in [0.2, 0.25) is 0 Å². The lowest BCUT2D eigenvalue weighted by Crippen LogP contribution is -2.46. The van der Waals surface area contributed by atoms with E-state index in [1.165, 1.54) is 11.1 Å². The molecule has 12 heteroatoms. The fourth-order valence-corrected chi connectivity index (χ4v) is 8.12. The highest BCUT2D eigenvalue weighted by Gasteiger charge is 2.49. The van der Waals surface area contributed by atoms with Crippen LogP contribution in [-0.4, -0.2) is 56.4 Å². The third-order valence-electron chi connectivity index (χ3n) is 10.3. The van der Waals surface area contributed by atoms with Gasteiger partial charge in [0.15, 0.2) is 17.1 Å². The van der Waals surface area contributed by atoms with Crippen LogP contribution in [-0.2, 0) is 15.1 Å². The largest absolute Gasteiger partial charge is 0.382 e. The van der Waals surface area contributed by atoms with E-state index in [2.05, 4.69) is 88.5 Å². The van der Waals surface area contributed by atoms with Crippen molar-refractivity contribution >= 4 is 38.3 Å². The van der Waals surface area contributed by atoms with Crippen molar-refractivity contribution in [3.63, 3.8) is 0 Å². The molecule has 0 unspecified atom stereocenters. The zero-order valence-electron chi connectivity index (χ0n) is 27.8. The summed E-state index contributed by atoms with van der Waals surface area (Å²) in [4.78, 5) is 27.8. The number of imidazole rings is 2. The fourth-order valence-electron chi connectivity index (χ4n) is 7.82. The molecule has 6 aliphatic heterocycles. The molecule has 11 nitrogen and oxygen atoms in total. The van der Waals surface area contributed by atoms with Crippen molar-refractivity contribution in [2.45, 2.75) is 68.8 Å². The quantitative estimate of drug-likeness (QED) is 0.187. The first kappa shape index (κ1) is 30.9. The topological polar surface area (TPSA) is 126 Å². The zero-order chi connectivity index (χ0) is 34.4. The lowest BCUT2D eigenvalue weighted by atomic mass is 9.88. The average molecular weight is 742 g/mol. The molecule has 6 aliphatic rings. The number of pyridine rings is 2. The van der Waals surface area contributed by atoms with Crippen LogP contribution in [0.25, 0.3) is 33.6 Å². The van der Waals surface area contributed by atoms with Gasteiger partial charge in [0.1, 0.15) is 45.1 Å². The third kappa shape index (κ3) is 5.03. The molecule has 5 aromatic heterocycles. The number of ether oxygens (including phenoxy) is 2. The molecule has 11 heterocycles. The Morgan fingerprint density at radius 3 is 1.67 bits per heavy atom. The van der Waals surface area contributed by atoms with Gasteiger partial charge in [0.25, 0.3) is 0 Å². The molecule has 7 aromatic rings. The van der Waals surface area contributed by atoms with Crippen molar-refractivity contribution in [1.82, 2.24) is 39.0 Å². The van der Waals surface area contributed by atoms with Crippen LogP contribution in [0.15, 0.2) is 102 Å². The van der Waals surface area contributed by atoms with Crippen molar-refractivity contribution in [1.29, 1.82) is 0 Å². The van der Waals surface area contributed by atoms with Crippen molar-refractivity contribution in [2.24, 2.45) is 0 Å². The Morgan fingerprint density at radius 2 is 1.16 bits per heavy atom. The summed E-state index contributed by atoms with van der Waals surface area (Å²) in [5.41, 5.74) is 6.53. The van der Waals surface area contributed by atoms with Gasteiger partial charge in [0.2, 0.25) is 0 Å². The standard InChI is InChI=1S/C23H21N5O2.C16H12BrN3O/c1-23(2,29)22-24-11-14(12-25-22)15-8-9-16-20(26-15)28-19(13-6-4-3-5-7-13)17-10-18(30-17)21(28)27-16;17-13-7-6-10-15(19-13)20-14(9-4-2-1-3-5-9)11-8-12(21-11)16(20)18-10/h3-9,11-12,17-19,29H,10H2,1-2H3;1-7,11-12,14H,8H2/t17-,18+,19-;11-,12+,14-/m00/s1. The molecule has 0 radical (unpaired) electrons. The molecule has 2 fully saturated rings. The van der Waals surface area contributed by atoms with Crippen LogP contribution in [0.1, 0.15) is 79.6 Å². The predicted molar refractivity (Wildman–Crippen MR) is 193 cm³/mol. The van der Waals surface area contributed by atoms with E-state index < -0.39 is 5.60 Å². The second-order valence-electron chi connectivity index (χ2n) is 14.1. The minimum Gasteiger partial charge on any atom is -0.382 e. The summed E-state index contributed by atoms with van der Waals surface area (Å²) in [5, 5.41) is 10.1. The monoisotopic (exact) mass is 740 g/mol. The summed E-state index contributed by atoms with van der Waals surface area (Å²) in [6.07, 6.45) is 5.98. The van der Waals surface area contributed by atoms with Gasteiger partial charge in [-0.2, -0.15) is 0 Å².